The molecule has 1 unspecified atom stereocenters. The van der Waals surface area contributed by atoms with Gasteiger partial charge in [0.2, 0.25) is 0 Å². The van der Waals surface area contributed by atoms with Crippen LogP contribution in [0.15, 0.2) is 28.9 Å². The minimum absolute atomic E-state index is 0.0688. The number of fused-ring (bicyclic) bond motifs is 1. The lowest BCUT2D eigenvalue weighted by Crippen LogP contribution is -2.52. The van der Waals surface area contributed by atoms with Gasteiger partial charge in [-0.05, 0) is 38.6 Å². The molecule has 0 spiro atoms. The Bertz CT molecular complexity index is 1060. The quantitative estimate of drug-likeness (QED) is 0.482. The van der Waals surface area contributed by atoms with Crippen molar-refractivity contribution in [3.63, 3.8) is 0 Å². The lowest BCUT2D eigenvalue weighted by atomic mass is 10.0. The van der Waals surface area contributed by atoms with Crippen molar-refractivity contribution >= 4 is 28.5 Å². The summed E-state index contributed by atoms with van der Waals surface area (Å²) in [6.45, 7) is -1.37. The number of nitrogens with zero attached hydrogens (tertiary/aromatic N) is 2. The largest absolute Gasteiger partial charge is 0.430 e. The second-order valence-electron chi connectivity index (χ2n) is 8.08. The van der Waals surface area contributed by atoms with Gasteiger partial charge in [0, 0.05) is 43.0 Å². The van der Waals surface area contributed by atoms with E-state index in [0.717, 1.165) is 32.1 Å². The van der Waals surface area contributed by atoms with Gasteiger partial charge < -0.3 is 25.3 Å². The van der Waals surface area contributed by atoms with Crippen LogP contribution in [0.4, 0.5) is 27.6 Å². The summed E-state index contributed by atoms with van der Waals surface area (Å²) >= 11 is 0. The van der Waals surface area contributed by atoms with Gasteiger partial charge in [0.15, 0.2) is 12.0 Å². The Balaban J connectivity index is 1.72. The van der Waals surface area contributed by atoms with Gasteiger partial charge in [0.1, 0.15) is 0 Å². The monoisotopic (exact) mass is 472 g/mol. The first kappa shape index (κ1) is 23.3. The van der Waals surface area contributed by atoms with E-state index in [4.69, 9.17) is 0 Å². The maximum Gasteiger partial charge on any atom is 0.419 e. The number of aromatic nitrogens is 1. The minimum Gasteiger partial charge on any atom is -0.430 e. The summed E-state index contributed by atoms with van der Waals surface area (Å²) in [6, 6.07) is 3.10. The molecule has 4 N–H and O–H groups in total. The van der Waals surface area contributed by atoms with Crippen LogP contribution < -0.4 is 20.7 Å². The van der Waals surface area contributed by atoms with Gasteiger partial charge in [-0.15, -0.1) is 0 Å². The number of alkyl halides is 5. The molecule has 0 aliphatic carbocycles. The molecule has 1 aromatic carbocycles. The van der Waals surface area contributed by atoms with Gasteiger partial charge in [0.25, 0.3) is 0 Å². The fourth-order valence-electron chi connectivity index (χ4n) is 4.30. The lowest BCUT2D eigenvalue weighted by molar-refractivity contribution is -0.0855. The van der Waals surface area contributed by atoms with Gasteiger partial charge in [-0.1, -0.05) is 0 Å². The molecule has 12 heteroatoms. The molecule has 1 saturated heterocycles. The molecular formula is C21H25F5N6O. The van der Waals surface area contributed by atoms with E-state index in [-0.39, 0.29) is 34.3 Å². The average Bonchev–Trinajstić information content (AvgIpc) is 3.17. The number of hydrogen-bond donors (Lipinski definition) is 4. The molecule has 0 bridgehead atoms. The van der Waals surface area contributed by atoms with Crippen LogP contribution >= 0.6 is 0 Å². The molecule has 2 aliphatic rings. The van der Waals surface area contributed by atoms with Gasteiger partial charge in [-0.2, -0.15) is 22.0 Å². The van der Waals surface area contributed by atoms with Gasteiger partial charge in [-0.25, -0.2) is 0 Å². The SMILES string of the molecule is CNc1ccc2c(C3=C(C(F)(F)F)C=NC(N[C@H]4CCCN(C)C4)N3)c[nH]c2c1OC(F)F. The predicted octanol–water partition coefficient (Wildman–Crippen LogP) is 3.73. The molecule has 1 fully saturated rings. The van der Waals surface area contributed by atoms with Crippen molar-refractivity contribution in [2.45, 2.75) is 38.0 Å². The van der Waals surface area contributed by atoms with Crippen molar-refractivity contribution in [3.8, 4) is 5.75 Å². The molecule has 2 aromatic rings. The Morgan fingerprint density at radius 2 is 2.06 bits per heavy atom. The number of hydrogen-bond acceptors (Lipinski definition) is 6. The zero-order valence-corrected chi connectivity index (χ0v) is 18.1. The molecule has 7 nitrogen and oxygen atoms in total. The van der Waals surface area contributed by atoms with E-state index in [1.807, 2.05) is 7.05 Å². The molecule has 3 heterocycles. The van der Waals surface area contributed by atoms with E-state index in [9.17, 15) is 22.0 Å². The standard InChI is InChI=1S/C21H25F5N6O/c1-27-15-6-5-12-13(8-28-17(12)18(15)33-19(22)23)16-14(21(24,25)26)9-29-20(31-16)30-11-4-3-7-32(2)10-11/h5-6,8-9,11,19-20,27-28,30-31H,3-4,7,10H2,1-2H3/t11-,20?/m0/s1. The second kappa shape index (κ2) is 9.18. The number of allylic oxidation sites excluding steroid dienone is 1. The number of nitrogens with one attached hydrogen (secondary N) is 4. The molecule has 2 atom stereocenters. The second-order valence-corrected chi connectivity index (χ2v) is 8.08. The third kappa shape index (κ3) is 4.91. The van der Waals surface area contributed by atoms with E-state index >= 15 is 0 Å². The van der Waals surface area contributed by atoms with E-state index in [1.54, 1.807) is 6.07 Å². The summed E-state index contributed by atoms with van der Waals surface area (Å²) in [5.41, 5.74) is -0.520. The van der Waals surface area contributed by atoms with Crippen LogP contribution in [0.25, 0.3) is 16.6 Å². The van der Waals surface area contributed by atoms with Crippen LogP contribution in [0.2, 0.25) is 0 Å². The van der Waals surface area contributed by atoms with E-state index in [1.165, 1.54) is 19.3 Å². The van der Waals surface area contributed by atoms with Crippen LogP contribution in [0.3, 0.4) is 0 Å². The van der Waals surface area contributed by atoms with Crippen LogP contribution in [0.1, 0.15) is 18.4 Å². The molecule has 4 rings (SSSR count). The zero-order valence-electron chi connectivity index (χ0n) is 18.1. The summed E-state index contributed by atoms with van der Waals surface area (Å²) in [4.78, 5) is 8.98. The minimum atomic E-state index is -4.67. The van der Waals surface area contributed by atoms with Gasteiger partial charge >= 0.3 is 12.8 Å². The molecule has 33 heavy (non-hydrogen) atoms. The first-order chi connectivity index (χ1) is 15.7. The van der Waals surface area contributed by atoms with Crippen molar-refractivity contribution in [3.05, 3.63) is 29.5 Å². The van der Waals surface area contributed by atoms with Crippen molar-refractivity contribution in [2.24, 2.45) is 4.99 Å². The number of likely N-dealkylation sites (tertiary alicyclic amines) is 1. The van der Waals surface area contributed by atoms with Crippen LogP contribution in [0, 0.1) is 0 Å². The number of aliphatic imine (C=N–C) groups is 1. The zero-order chi connectivity index (χ0) is 23.8. The van der Waals surface area contributed by atoms with Crippen LogP contribution in [-0.4, -0.2) is 68.4 Å². The Kier molecular flexibility index (Phi) is 6.48. The predicted molar refractivity (Wildman–Crippen MR) is 117 cm³/mol. The Labute approximate surface area is 187 Å². The first-order valence-electron chi connectivity index (χ1n) is 10.5. The molecule has 0 saturated carbocycles. The maximum absolute atomic E-state index is 13.8. The number of likely N-dealkylation sites (N-methyl/N-ethyl adjacent to an activating group) is 1. The fraction of sp³-hybridized carbons (Fsp3) is 0.476. The fourth-order valence-corrected chi connectivity index (χ4v) is 4.30. The van der Waals surface area contributed by atoms with E-state index in [0.29, 0.717) is 5.39 Å². The summed E-state index contributed by atoms with van der Waals surface area (Å²) in [6.07, 6.45) is -1.41. The Morgan fingerprint density at radius 3 is 2.73 bits per heavy atom. The summed E-state index contributed by atoms with van der Waals surface area (Å²) in [7, 11) is 3.52. The Morgan fingerprint density at radius 1 is 1.27 bits per heavy atom. The molecule has 1 aromatic heterocycles. The number of H-pyrrole nitrogens is 1. The van der Waals surface area contributed by atoms with Crippen molar-refractivity contribution in [1.82, 2.24) is 20.5 Å². The average molecular weight is 472 g/mol. The highest BCUT2D eigenvalue weighted by molar-refractivity contribution is 6.03. The number of aromatic amines is 1. The molecule has 0 radical (unpaired) electrons. The van der Waals surface area contributed by atoms with Gasteiger partial charge in [0.05, 0.1) is 22.5 Å². The molecular weight excluding hydrogens is 447 g/mol. The van der Waals surface area contributed by atoms with Crippen molar-refractivity contribution in [2.75, 3.05) is 32.5 Å². The number of piperidine rings is 1. The molecule has 0 amide bonds. The number of anilines is 1. The Hall–Kier alpha value is -2.86. The maximum atomic E-state index is 13.8. The summed E-state index contributed by atoms with van der Waals surface area (Å²) in [5.74, 6) is -0.171. The number of halogens is 5. The normalized spacial score (nSPS) is 22.2. The highest BCUT2D eigenvalue weighted by atomic mass is 19.4. The summed E-state index contributed by atoms with van der Waals surface area (Å²) < 4.78 is 72.1. The van der Waals surface area contributed by atoms with Crippen molar-refractivity contribution < 1.29 is 26.7 Å². The molecule has 2 aliphatic heterocycles. The third-order valence-corrected chi connectivity index (χ3v) is 5.78. The van der Waals surface area contributed by atoms with Crippen molar-refractivity contribution in [1.29, 1.82) is 0 Å². The van der Waals surface area contributed by atoms with E-state index in [2.05, 4.69) is 35.6 Å². The lowest BCUT2D eigenvalue weighted by Gasteiger charge is -2.34. The first-order valence-corrected chi connectivity index (χ1v) is 10.5. The molecule has 180 valence electrons. The third-order valence-electron chi connectivity index (χ3n) is 5.78. The number of benzene rings is 1. The number of ether oxygens (including phenoxy) is 1. The van der Waals surface area contributed by atoms with Crippen LogP contribution in [-0.2, 0) is 0 Å². The summed E-state index contributed by atoms with van der Waals surface area (Å²) in [5, 5.41) is 9.18. The van der Waals surface area contributed by atoms with Gasteiger partial charge in [-0.3, -0.25) is 10.3 Å². The topological polar surface area (TPSA) is 76.7 Å². The highest BCUT2D eigenvalue weighted by Gasteiger charge is 2.39. The smallest absolute Gasteiger partial charge is 0.419 e. The number of rotatable bonds is 6. The highest BCUT2D eigenvalue weighted by Crippen LogP contribution is 2.40. The van der Waals surface area contributed by atoms with E-state index < -0.39 is 24.7 Å². The van der Waals surface area contributed by atoms with Crippen LogP contribution in [0.5, 0.6) is 5.75 Å².